The molecule has 0 aliphatic carbocycles. The van der Waals surface area contributed by atoms with Crippen LogP contribution >= 0.6 is 0 Å². The van der Waals surface area contributed by atoms with Crippen molar-refractivity contribution in [1.29, 1.82) is 0 Å². The van der Waals surface area contributed by atoms with Gasteiger partial charge in [-0.05, 0) is 56.0 Å². The number of rotatable bonds is 2. The lowest BCUT2D eigenvalue weighted by atomic mass is 9.91. The Morgan fingerprint density at radius 2 is 1.61 bits per heavy atom. The number of benzene rings is 1. The number of aliphatic hydroxyl groups excluding tert-OH is 1. The van der Waals surface area contributed by atoms with Gasteiger partial charge in [-0.15, -0.1) is 0 Å². The fraction of sp³-hybridized carbons (Fsp3) is 0.312. The first kappa shape index (κ1) is 12.8. The topological polar surface area (TPSA) is 33.1 Å². The Bertz CT molecular complexity index is 552. The van der Waals surface area contributed by atoms with E-state index in [4.69, 9.17) is 0 Å². The van der Waals surface area contributed by atoms with Gasteiger partial charge in [0.2, 0.25) is 0 Å². The number of hydrogen-bond donors (Lipinski definition) is 1. The third-order valence-corrected chi connectivity index (χ3v) is 3.39. The second-order valence-electron chi connectivity index (χ2n) is 4.95. The molecule has 0 aliphatic rings. The van der Waals surface area contributed by atoms with E-state index in [9.17, 15) is 5.11 Å². The van der Waals surface area contributed by atoms with Crippen LogP contribution in [0.3, 0.4) is 0 Å². The number of hydrogen-bond acceptors (Lipinski definition) is 2. The minimum absolute atomic E-state index is 0.598. The molecule has 0 bridgehead atoms. The fourth-order valence-corrected chi connectivity index (χ4v) is 2.54. The van der Waals surface area contributed by atoms with Crippen molar-refractivity contribution in [3.63, 3.8) is 0 Å². The summed E-state index contributed by atoms with van der Waals surface area (Å²) < 4.78 is 0. The molecule has 0 aliphatic heterocycles. The van der Waals surface area contributed by atoms with E-state index in [0.29, 0.717) is 0 Å². The van der Waals surface area contributed by atoms with Crippen molar-refractivity contribution in [3.05, 3.63) is 64.0 Å². The monoisotopic (exact) mass is 241 g/mol. The Labute approximate surface area is 108 Å². The maximum absolute atomic E-state index is 10.6. The summed E-state index contributed by atoms with van der Waals surface area (Å²) in [4.78, 5) is 4.11. The maximum atomic E-state index is 10.6. The minimum atomic E-state index is -0.598. The molecule has 0 saturated heterocycles. The summed E-state index contributed by atoms with van der Waals surface area (Å²) in [5.74, 6) is 0. The zero-order chi connectivity index (χ0) is 13.3. The second-order valence-corrected chi connectivity index (χ2v) is 4.95. The SMILES string of the molecule is Cc1cc(C)c(C(O)c2cnccc2C)c(C)c1. The Kier molecular flexibility index (Phi) is 3.48. The molecule has 1 aromatic carbocycles. The summed E-state index contributed by atoms with van der Waals surface area (Å²) in [7, 11) is 0. The van der Waals surface area contributed by atoms with Gasteiger partial charge >= 0.3 is 0 Å². The van der Waals surface area contributed by atoms with E-state index in [1.54, 1.807) is 12.4 Å². The van der Waals surface area contributed by atoms with E-state index in [2.05, 4.69) is 24.0 Å². The van der Waals surface area contributed by atoms with Crippen LogP contribution in [0.4, 0.5) is 0 Å². The van der Waals surface area contributed by atoms with Gasteiger partial charge < -0.3 is 5.11 Å². The fourth-order valence-electron chi connectivity index (χ4n) is 2.54. The largest absolute Gasteiger partial charge is 0.384 e. The van der Waals surface area contributed by atoms with Gasteiger partial charge in [0, 0.05) is 18.0 Å². The standard InChI is InChI=1S/C16H19NO/c1-10-7-12(3)15(13(4)8-10)16(18)14-9-17-6-5-11(14)2/h5-9,16,18H,1-4H3. The lowest BCUT2D eigenvalue weighted by Gasteiger charge is -2.19. The quantitative estimate of drug-likeness (QED) is 0.874. The maximum Gasteiger partial charge on any atom is 0.106 e. The highest BCUT2D eigenvalue weighted by Gasteiger charge is 2.17. The lowest BCUT2D eigenvalue weighted by Crippen LogP contribution is -2.07. The molecule has 2 rings (SSSR count). The molecular weight excluding hydrogens is 222 g/mol. The minimum Gasteiger partial charge on any atom is -0.384 e. The third-order valence-electron chi connectivity index (χ3n) is 3.39. The molecule has 2 heteroatoms. The molecule has 0 fully saturated rings. The zero-order valence-electron chi connectivity index (χ0n) is 11.4. The van der Waals surface area contributed by atoms with Crippen LogP contribution in [0.1, 0.15) is 39.5 Å². The molecule has 1 atom stereocenters. The van der Waals surface area contributed by atoms with Gasteiger partial charge in [-0.3, -0.25) is 4.98 Å². The first-order valence-corrected chi connectivity index (χ1v) is 6.17. The summed E-state index contributed by atoms with van der Waals surface area (Å²) in [6.45, 7) is 8.17. The van der Waals surface area contributed by atoms with Crippen LogP contribution < -0.4 is 0 Å². The number of nitrogens with zero attached hydrogens (tertiary/aromatic N) is 1. The van der Waals surface area contributed by atoms with Crippen LogP contribution in [-0.4, -0.2) is 10.1 Å². The lowest BCUT2D eigenvalue weighted by molar-refractivity contribution is 0.217. The molecule has 0 amide bonds. The van der Waals surface area contributed by atoms with Gasteiger partial charge in [-0.2, -0.15) is 0 Å². The first-order valence-electron chi connectivity index (χ1n) is 6.17. The summed E-state index contributed by atoms with van der Waals surface area (Å²) >= 11 is 0. The van der Waals surface area contributed by atoms with Crippen molar-refractivity contribution in [2.75, 3.05) is 0 Å². The average molecular weight is 241 g/mol. The molecule has 2 nitrogen and oxygen atoms in total. The molecule has 1 aromatic heterocycles. The summed E-state index contributed by atoms with van der Waals surface area (Å²) in [6.07, 6.45) is 2.90. The molecule has 2 aromatic rings. The highest BCUT2D eigenvalue weighted by molar-refractivity contribution is 5.43. The summed E-state index contributed by atoms with van der Waals surface area (Å²) in [5.41, 5.74) is 6.43. The number of aromatic nitrogens is 1. The van der Waals surface area contributed by atoms with E-state index in [0.717, 1.165) is 27.8 Å². The van der Waals surface area contributed by atoms with Crippen molar-refractivity contribution in [2.24, 2.45) is 0 Å². The molecule has 0 saturated carbocycles. The third kappa shape index (κ3) is 2.29. The predicted octanol–water partition coefficient (Wildman–Crippen LogP) is 3.40. The molecule has 0 spiro atoms. The van der Waals surface area contributed by atoms with E-state index >= 15 is 0 Å². The molecular formula is C16H19NO. The Morgan fingerprint density at radius 3 is 2.17 bits per heavy atom. The average Bonchev–Trinajstić information content (AvgIpc) is 2.27. The van der Waals surface area contributed by atoms with Crippen LogP contribution in [0.15, 0.2) is 30.6 Å². The Morgan fingerprint density at radius 1 is 1.00 bits per heavy atom. The van der Waals surface area contributed by atoms with Crippen molar-refractivity contribution < 1.29 is 5.11 Å². The molecule has 1 N–H and O–H groups in total. The Balaban J connectivity index is 2.53. The molecule has 1 unspecified atom stereocenters. The molecule has 18 heavy (non-hydrogen) atoms. The number of pyridine rings is 1. The molecule has 0 radical (unpaired) electrons. The van der Waals surface area contributed by atoms with Crippen LogP contribution in [0.25, 0.3) is 0 Å². The van der Waals surface area contributed by atoms with Gasteiger partial charge in [0.05, 0.1) is 0 Å². The van der Waals surface area contributed by atoms with Crippen molar-refractivity contribution >= 4 is 0 Å². The summed E-state index contributed by atoms with van der Waals surface area (Å²) in [6, 6.07) is 6.14. The number of aryl methyl sites for hydroxylation is 4. The van der Waals surface area contributed by atoms with Crippen LogP contribution in [0, 0.1) is 27.7 Å². The summed E-state index contributed by atoms with van der Waals surface area (Å²) in [5, 5.41) is 10.6. The van der Waals surface area contributed by atoms with Gasteiger partial charge in [-0.25, -0.2) is 0 Å². The van der Waals surface area contributed by atoms with Gasteiger partial charge in [0.25, 0.3) is 0 Å². The van der Waals surface area contributed by atoms with Crippen LogP contribution in [0.5, 0.6) is 0 Å². The normalized spacial score (nSPS) is 12.5. The smallest absolute Gasteiger partial charge is 0.106 e. The van der Waals surface area contributed by atoms with Crippen LogP contribution in [0.2, 0.25) is 0 Å². The van der Waals surface area contributed by atoms with E-state index in [1.807, 2.05) is 26.8 Å². The highest BCUT2D eigenvalue weighted by atomic mass is 16.3. The zero-order valence-corrected chi connectivity index (χ0v) is 11.4. The van der Waals surface area contributed by atoms with Gasteiger partial charge in [-0.1, -0.05) is 17.7 Å². The van der Waals surface area contributed by atoms with Crippen molar-refractivity contribution in [1.82, 2.24) is 4.98 Å². The highest BCUT2D eigenvalue weighted by Crippen LogP contribution is 2.29. The van der Waals surface area contributed by atoms with Gasteiger partial charge in [0.1, 0.15) is 6.10 Å². The van der Waals surface area contributed by atoms with E-state index in [-0.39, 0.29) is 0 Å². The second kappa shape index (κ2) is 4.91. The first-order chi connectivity index (χ1) is 8.50. The van der Waals surface area contributed by atoms with E-state index < -0.39 is 6.10 Å². The van der Waals surface area contributed by atoms with Crippen molar-refractivity contribution in [3.8, 4) is 0 Å². The van der Waals surface area contributed by atoms with Crippen molar-refractivity contribution in [2.45, 2.75) is 33.8 Å². The Hall–Kier alpha value is -1.67. The van der Waals surface area contributed by atoms with E-state index in [1.165, 1.54) is 5.56 Å². The van der Waals surface area contributed by atoms with Gasteiger partial charge in [0.15, 0.2) is 0 Å². The number of aliphatic hydroxyl groups is 1. The predicted molar refractivity (Wildman–Crippen MR) is 73.7 cm³/mol. The molecule has 94 valence electrons. The molecule has 1 heterocycles. The van der Waals surface area contributed by atoms with Crippen LogP contribution in [-0.2, 0) is 0 Å².